The molecule has 0 aromatic carbocycles. The van der Waals surface area contributed by atoms with Crippen LogP contribution in [0, 0.1) is 17.8 Å². The lowest BCUT2D eigenvalue weighted by atomic mass is 9.87. The summed E-state index contributed by atoms with van der Waals surface area (Å²) in [7, 11) is 0. The summed E-state index contributed by atoms with van der Waals surface area (Å²) in [5.41, 5.74) is -0.641. The van der Waals surface area contributed by atoms with E-state index in [0.717, 1.165) is 25.7 Å². The second-order valence-electron chi connectivity index (χ2n) is 5.83. The van der Waals surface area contributed by atoms with E-state index in [1.165, 1.54) is 0 Å². The zero-order valence-electron chi connectivity index (χ0n) is 12.0. The van der Waals surface area contributed by atoms with Gasteiger partial charge in [-0.15, -0.1) is 5.92 Å². The Morgan fingerprint density at radius 2 is 2.00 bits per heavy atom. The summed E-state index contributed by atoms with van der Waals surface area (Å²) >= 11 is 0. The maximum atomic E-state index is 12.8. The van der Waals surface area contributed by atoms with Crippen molar-refractivity contribution >= 4 is 11.8 Å². The molecule has 2 fully saturated rings. The number of carbonyl (C=O) groups excluding carboxylic acids is 2. The van der Waals surface area contributed by atoms with Gasteiger partial charge in [0, 0.05) is 0 Å². The van der Waals surface area contributed by atoms with Crippen molar-refractivity contribution in [2.45, 2.75) is 58.0 Å². The Kier molecular flexibility index (Phi) is 3.84. The maximum Gasteiger partial charge on any atom is 0.249 e. The van der Waals surface area contributed by atoms with Gasteiger partial charge in [0.15, 0.2) is 0 Å². The highest BCUT2D eigenvalue weighted by Crippen LogP contribution is 2.35. The predicted molar refractivity (Wildman–Crippen MR) is 73.1 cm³/mol. The lowest BCUT2D eigenvalue weighted by molar-refractivity contribution is -0.155. The van der Waals surface area contributed by atoms with E-state index in [4.69, 9.17) is 0 Å². The fourth-order valence-electron chi connectivity index (χ4n) is 3.22. The van der Waals surface area contributed by atoms with E-state index in [-0.39, 0.29) is 23.8 Å². The molecule has 1 saturated carbocycles. The molecule has 4 nitrogen and oxygen atoms in total. The van der Waals surface area contributed by atoms with Crippen LogP contribution in [0.4, 0.5) is 0 Å². The third-order valence-electron chi connectivity index (χ3n) is 4.15. The van der Waals surface area contributed by atoms with Gasteiger partial charge >= 0.3 is 0 Å². The van der Waals surface area contributed by atoms with E-state index in [1.807, 2.05) is 13.8 Å². The van der Waals surface area contributed by atoms with E-state index in [1.54, 1.807) is 11.8 Å². The fraction of sp³-hybridized carbons (Fsp3) is 0.733. The molecule has 0 aromatic rings. The normalized spacial score (nSPS) is 25.5. The monoisotopic (exact) mass is 262 g/mol. The third-order valence-corrected chi connectivity index (χ3v) is 4.15. The molecule has 1 aliphatic carbocycles. The van der Waals surface area contributed by atoms with Gasteiger partial charge in [-0.1, -0.05) is 32.6 Å². The summed E-state index contributed by atoms with van der Waals surface area (Å²) in [5.74, 6) is 5.89. The van der Waals surface area contributed by atoms with Gasteiger partial charge in [-0.25, -0.2) is 0 Å². The first-order valence-corrected chi connectivity index (χ1v) is 7.04. The average molecular weight is 262 g/mol. The molecule has 0 bridgehead atoms. The second kappa shape index (κ2) is 5.24. The van der Waals surface area contributed by atoms with Crippen molar-refractivity contribution in [3.05, 3.63) is 0 Å². The summed E-state index contributed by atoms with van der Waals surface area (Å²) in [6.07, 6.45) is 3.54. The number of nitrogens with zero attached hydrogens (tertiary/aromatic N) is 1. The molecule has 104 valence electrons. The number of hydrogen-bond acceptors (Lipinski definition) is 2. The highest BCUT2D eigenvalue weighted by Gasteiger charge is 2.52. The fourth-order valence-corrected chi connectivity index (χ4v) is 3.22. The lowest BCUT2D eigenvalue weighted by Crippen LogP contribution is -2.70. The SMILES string of the molecule is CC#CCN1C(=O)C2(CCCC2)NC(=O)C1C(C)C. The van der Waals surface area contributed by atoms with Gasteiger partial charge < -0.3 is 10.2 Å². The molecular formula is C15H22N2O2. The molecule has 2 aliphatic rings. The second-order valence-corrected chi connectivity index (χ2v) is 5.83. The number of nitrogens with one attached hydrogen (secondary N) is 1. The van der Waals surface area contributed by atoms with E-state index >= 15 is 0 Å². The summed E-state index contributed by atoms with van der Waals surface area (Å²) in [4.78, 5) is 26.8. The van der Waals surface area contributed by atoms with Gasteiger partial charge in [-0.2, -0.15) is 0 Å². The van der Waals surface area contributed by atoms with Crippen molar-refractivity contribution in [1.29, 1.82) is 0 Å². The van der Waals surface area contributed by atoms with Crippen molar-refractivity contribution in [3.8, 4) is 11.8 Å². The molecule has 19 heavy (non-hydrogen) atoms. The molecule has 1 atom stereocenters. The van der Waals surface area contributed by atoms with Crippen LogP contribution in [0.5, 0.6) is 0 Å². The molecule has 1 aliphatic heterocycles. The Hall–Kier alpha value is -1.50. The molecule has 2 amide bonds. The molecular weight excluding hydrogens is 240 g/mol. The largest absolute Gasteiger partial charge is 0.340 e. The first-order valence-electron chi connectivity index (χ1n) is 7.04. The van der Waals surface area contributed by atoms with Crippen LogP contribution in [0.25, 0.3) is 0 Å². The van der Waals surface area contributed by atoms with Crippen molar-refractivity contribution in [2.24, 2.45) is 5.92 Å². The van der Waals surface area contributed by atoms with Gasteiger partial charge in [0.1, 0.15) is 11.6 Å². The van der Waals surface area contributed by atoms with Gasteiger partial charge in [-0.05, 0) is 25.7 Å². The molecule has 1 saturated heterocycles. The van der Waals surface area contributed by atoms with Gasteiger partial charge in [-0.3, -0.25) is 9.59 Å². The number of piperazine rings is 1. The Morgan fingerprint density at radius 3 is 2.53 bits per heavy atom. The maximum absolute atomic E-state index is 12.8. The van der Waals surface area contributed by atoms with Crippen LogP contribution in [0.3, 0.4) is 0 Å². The smallest absolute Gasteiger partial charge is 0.249 e. The van der Waals surface area contributed by atoms with Crippen LogP contribution >= 0.6 is 0 Å². The van der Waals surface area contributed by atoms with Crippen LogP contribution in [0.1, 0.15) is 46.5 Å². The molecule has 1 heterocycles. The van der Waals surface area contributed by atoms with Crippen LogP contribution in [0.2, 0.25) is 0 Å². The summed E-state index contributed by atoms with van der Waals surface area (Å²) < 4.78 is 0. The minimum atomic E-state index is -0.641. The quantitative estimate of drug-likeness (QED) is 0.763. The van der Waals surface area contributed by atoms with Gasteiger partial charge in [0.25, 0.3) is 0 Å². The predicted octanol–water partition coefficient (Wildman–Crippen LogP) is 1.31. The minimum absolute atomic E-state index is 0.0191. The Morgan fingerprint density at radius 1 is 1.37 bits per heavy atom. The Bertz CT molecular complexity index is 439. The summed E-state index contributed by atoms with van der Waals surface area (Å²) in [6, 6.07) is -0.389. The zero-order chi connectivity index (χ0) is 14.0. The van der Waals surface area contributed by atoms with Crippen molar-refractivity contribution in [3.63, 3.8) is 0 Å². The molecule has 1 spiro atoms. The van der Waals surface area contributed by atoms with E-state index in [0.29, 0.717) is 6.54 Å². The molecule has 0 radical (unpaired) electrons. The van der Waals surface area contributed by atoms with Crippen molar-refractivity contribution in [2.75, 3.05) is 6.54 Å². The Balaban J connectivity index is 2.32. The van der Waals surface area contributed by atoms with Crippen LogP contribution < -0.4 is 5.32 Å². The molecule has 2 rings (SSSR count). The number of amides is 2. The first-order chi connectivity index (χ1) is 9.02. The van der Waals surface area contributed by atoms with Crippen LogP contribution in [-0.4, -0.2) is 34.8 Å². The first kappa shape index (κ1) is 13.9. The van der Waals surface area contributed by atoms with Crippen molar-refractivity contribution in [1.82, 2.24) is 10.2 Å². The number of carbonyl (C=O) groups is 2. The van der Waals surface area contributed by atoms with Crippen molar-refractivity contribution < 1.29 is 9.59 Å². The van der Waals surface area contributed by atoms with E-state index < -0.39 is 5.54 Å². The molecule has 4 heteroatoms. The topological polar surface area (TPSA) is 49.4 Å². The highest BCUT2D eigenvalue weighted by atomic mass is 16.2. The summed E-state index contributed by atoms with van der Waals surface area (Å²) in [5, 5.41) is 3.00. The number of hydrogen-bond donors (Lipinski definition) is 1. The van der Waals surface area contributed by atoms with E-state index in [9.17, 15) is 9.59 Å². The summed E-state index contributed by atoms with van der Waals surface area (Å²) in [6.45, 7) is 6.05. The highest BCUT2D eigenvalue weighted by molar-refractivity contribution is 6.00. The minimum Gasteiger partial charge on any atom is -0.340 e. The van der Waals surface area contributed by atoms with E-state index in [2.05, 4.69) is 17.2 Å². The average Bonchev–Trinajstić information content (AvgIpc) is 2.80. The zero-order valence-corrected chi connectivity index (χ0v) is 12.0. The lowest BCUT2D eigenvalue weighted by Gasteiger charge is -2.45. The van der Waals surface area contributed by atoms with Gasteiger partial charge in [0.05, 0.1) is 6.54 Å². The van der Waals surface area contributed by atoms with Gasteiger partial charge in [0.2, 0.25) is 11.8 Å². The molecule has 1 unspecified atom stereocenters. The standard InChI is InChI=1S/C15H22N2O2/c1-4-5-10-17-12(11(2)3)13(18)16-15(14(17)19)8-6-7-9-15/h11-12H,6-10H2,1-3H3,(H,16,18). The number of rotatable bonds is 2. The third kappa shape index (κ3) is 2.34. The van der Waals surface area contributed by atoms with Crippen LogP contribution in [0.15, 0.2) is 0 Å². The Labute approximate surface area is 114 Å². The molecule has 0 aromatic heterocycles. The molecule has 1 N–H and O–H groups in total. The van der Waals surface area contributed by atoms with Crippen LogP contribution in [-0.2, 0) is 9.59 Å².